The number of phenols is 1. The minimum Gasteiger partial charge on any atom is -0.508 e. The largest absolute Gasteiger partial charge is 0.508 e. The van der Waals surface area contributed by atoms with Crippen molar-refractivity contribution in [2.45, 2.75) is 12.1 Å². The molecule has 0 aliphatic carbocycles. The SMILES string of the molecule is C=CC(=O)N1CCN2c3c4c(nc5c(F)c(-c6cccc(O)c6)c(Cl)cc35)O[C@H](CO)CN4C(=O)[C@H]2C1. The molecule has 0 saturated carbocycles. The Hall–Kier alpha value is -3.89. The first-order valence-electron chi connectivity index (χ1n) is 11.7. The minimum absolute atomic E-state index is 0.0206. The zero-order chi connectivity index (χ0) is 26.0. The molecule has 1 saturated heterocycles. The van der Waals surface area contributed by atoms with Crippen molar-refractivity contribution >= 4 is 45.7 Å². The van der Waals surface area contributed by atoms with Crippen LogP contribution in [0.1, 0.15) is 0 Å². The number of aliphatic hydroxyl groups is 1. The topological polar surface area (TPSA) is 106 Å². The molecule has 3 aliphatic rings. The molecule has 190 valence electrons. The van der Waals surface area contributed by atoms with Gasteiger partial charge in [-0.3, -0.25) is 9.59 Å². The average Bonchev–Trinajstić information content (AvgIpc) is 2.90. The third kappa shape index (κ3) is 3.51. The number of carbonyl (C=O) groups excluding carboxylic acids is 2. The van der Waals surface area contributed by atoms with Crippen LogP contribution in [0, 0.1) is 5.82 Å². The zero-order valence-electron chi connectivity index (χ0n) is 19.5. The van der Waals surface area contributed by atoms with Crippen LogP contribution >= 0.6 is 11.6 Å². The molecule has 4 heterocycles. The fraction of sp³-hybridized carbons (Fsp3) is 0.269. The third-order valence-electron chi connectivity index (χ3n) is 7.07. The third-order valence-corrected chi connectivity index (χ3v) is 7.36. The Labute approximate surface area is 215 Å². The molecule has 1 fully saturated rings. The van der Waals surface area contributed by atoms with Gasteiger partial charge in [0, 0.05) is 24.0 Å². The van der Waals surface area contributed by atoms with E-state index < -0.39 is 18.0 Å². The van der Waals surface area contributed by atoms with E-state index in [1.807, 2.05) is 4.90 Å². The first-order valence-corrected chi connectivity index (χ1v) is 12.1. The Balaban J connectivity index is 1.60. The van der Waals surface area contributed by atoms with Crippen LogP contribution in [0.25, 0.3) is 22.0 Å². The van der Waals surface area contributed by atoms with Gasteiger partial charge in [-0.2, -0.15) is 0 Å². The summed E-state index contributed by atoms with van der Waals surface area (Å²) in [6, 6.07) is 6.97. The van der Waals surface area contributed by atoms with E-state index in [2.05, 4.69) is 11.6 Å². The normalized spacial score (nSPS) is 20.4. The molecule has 2 amide bonds. The van der Waals surface area contributed by atoms with E-state index in [1.54, 1.807) is 23.1 Å². The number of hydrogen-bond donors (Lipinski definition) is 2. The molecule has 3 aliphatic heterocycles. The smallest absolute Gasteiger partial charge is 0.251 e. The lowest BCUT2D eigenvalue weighted by Crippen LogP contribution is -2.65. The molecule has 0 unspecified atom stereocenters. The molecule has 0 radical (unpaired) electrons. The summed E-state index contributed by atoms with van der Waals surface area (Å²) in [4.78, 5) is 35.3. The number of carbonyl (C=O) groups is 2. The van der Waals surface area contributed by atoms with Crippen molar-refractivity contribution in [3.8, 4) is 22.8 Å². The molecule has 2 aromatic carbocycles. The summed E-state index contributed by atoms with van der Waals surface area (Å²) in [5, 5.41) is 20.3. The molecule has 2 atom stereocenters. The maximum absolute atomic E-state index is 16.1. The highest BCUT2D eigenvalue weighted by Gasteiger charge is 2.47. The number of halogens is 2. The number of hydrogen-bond acceptors (Lipinski definition) is 7. The van der Waals surface area contributed by atoms with Crippen LogP contribution in [0.15, 0.2) is 43.0 Å². The van der Waals surface area contributed by atoms with Crippen LogP contribution in [0.2, 0.25) is 5.02 Å². The summed E-state index contributed by atoms with van der Waals surface area (Å²) in [6.45, 7) is 4.03. The number of nitrogens with zero attached hydrogens (tertiary/aromatic N) is 4. The van der Waals surface area contributed by atoms with Crippen LogP contribution in [-0.4, -0.2) is 76.8 Å². The van der Waals surface area contributed by atoms with Crippen molar-refractivity contribution in [1.82, 2.24) is 9.88 Å². The van der Waals surface area contributed by atoms with Crippen molar-refractivity contribution in [2.75, 3.05) is 42.6 Å². The summed E-state index contributed by atoms with van der Waals surface area (Å²) in [5.74, 6) is -1.26. The zero-order valence-corrected chi connectivity index (χ0v) is 20.3. The second-order valence-corrected chi connectivity index (χ2v) is 9.58. The van der Waals surface area contributed by atoms with Gasteiger partial charge in [-0.1, -0.05) is 30.3 Å². The number of aromatic nitrogens is 1. The molecule has 3 aromatic rings. The number of aromatic hydroxyl groups is 1. The van der Waals surface area contributed by atoms with E-state index >= 15 is 4.39 Å². The van der Waals surface area contributed by atoms with Crippen LogP contribution in [0.3, 0.4) is 0 Å². The van der Waals surface area contributed by atoms with Crippen molar-refractivity contribution < 1.29 is 28.9 Å². The molecule has 2 N–H and O–H groups in total. The molecule has 11 heteroatoms. The highest BCUT2D eigenvalue weighted by Crippen LogP contribution is 2.51. The van der Waals surface area contributed by atoms with Crippen molar-refractivity contribution in [3.63, 3.8) is 0 Å². The van der Waals surface area contributed by atoms with Crippen LogP contribution < -0.4 is 14.5 Å². The number of piperazine rings is 1. The number of fused-ring (bicyclic) bond motifs is 4. The number of phenolic OH excluding ortho intramolecular Hbond substituents is 1. The highest BCUT2D eigenvalue weighted by atomic mass is 35.5. The molecule has 0 bridgehead atoms. The van der Waals surface area contributed by atoms with E-state index in [-0.39, 0.29) is 59.2 Å². The van der Waals surface area contributed by atoms with Gasteiger partial charge in [0.05, 0.1) is 30.4 Å². The lowest BCUT2D eigenvalue weighted by molar-refractivity contribution is -0.128. The fourth-order valence-electron chi connectivity index (χ4n) is 5.38. The van der Waals surface area contributed by atoms with Gasteiger partial charge < -0.3 is 29.6 Å². The lowest BCUT2D eigenvalue weighted by atomic mass is 9.96. The lowest BCUT2D eigenvalue weighted by Gasteiger charge is -2.50. The maximum Gasteiger partial charge on any atom is 0.251 e. The molecule has 1 aromatic heterocycles. The molecular formula is C26H22ClFN4O5. The van der Waals surface area contributed by atoms with Crippen molar-refractivity contribution in [1.29, 1.82) is 0 Å². The van der Waals surface area contributed by atoms with Gasteiger partial charge in [-0.25, -0.2) is 9.37 Å². The van der Waals surface area contributed by atoms with Gasteiger partial charge in [0.1, 0.15) is 29.1 Å². The molecule has 9 nitrogen and oxygen atoms in total. The maximum atomic E-state index is 16.1. The van der Waals surface area contributed by atoms with Crippen LogP contribution in [0.5, 0.6) is 11.6 Å². The van der Waals surface area contributed by atoms with E-state index in [4.69, 9.17) is 16.3 Å². The van der Waals surface area contributed by atoms with E-state index in [1.165, 1.54) is 23.1 Å². The Bertz CT molecular complexity index is 1500. The number of amides is 2. The predicted molar refractivity (Wildman–Crippen MR) is 136 cm³/mol. The first-order chi connectivity index (χ1) is 17.8. The number of aliphatic hydroxyl groups excluding tert-OH is 1. The summed E-state index contributed by atoms with van der Waals surface area (Å²) < 4.78 is 22.0. The van der Waals surface area contributed by atoms with Crippen molar-refractivity contribution in [2.24, 2.45) is 0 Å². The number of benzene rings is 2. The van der Waals surface area contributed by atoms with Gasteiger partial charge in [0.15, 0.2) is 5.82 Å². The quantitative estimate of drug-likeness (QED) is 0.507. The number of anilines is 2. The van der Waals surface area contributed by atoms with E-state index in [0.717, 1.165) is 0 Å². The first kappa shape index (κ1) is 23.5. The summed E-state index contributed by atoms with van der Waals surface area (Å²) in [7, 11) is 0. The predicted octanol–water partition coefficient (Wildman–Crippen LogP) is 2.70. The second kappa shape index (κ2) is 8.60. The van der Waals surface area contributed by atoms with Gasteiger partial charge >= 0.3 is 0 Å². The van der Waals surface area contributed by atoms with Gasteiger partial charge in [-0.15, -0.1) is 0 Å². The van der Waals surface area contributed by atoms with E-state index in [0.29, 0.717) is 35.4 Å². The highest BCUT2D eigenvalue weighted by molar-refractivity contribution is 6.34. The van der Waals surface area contributed by atoms with Crippen LogP contribution in [0.4, 0.5) is 15.8 Å². The summed E-state index contributed by atoms with van der Waals surface area (Å²) in [6.07, 6.45) is 0.458. The van der Waals surface area contributed by atoms with E-state index in [9.17, 15) is 19.8 Å². The molecule has 37 heavy (non-hydrogen) atoms. The number of ether oxygens (including phenoxy) is 1. The summed E-state index contributed by atoms with van der Waals surface area (Å²) >= 11 is 6.62. The van der Waals surface area contributed by atoms with Crippen LogP contribution in [-0.2, 0) is 9.59 Å². The molecule has 0 spiro atoms. The van der Waals surface area contributed by atoms with Gasteiger partial charge in [0.2, 0.25) is 11.8 Å². The number of rotatable bonds is 3. The number of pyridine rings is 1. The molecular weight excluding hydrogens is 503 g/mol. The Morgan fingerprint density at radius 1 is 1.27 bits per heavy atom. The van der Waals surface area contributed by atoms with Gasteiger partial charge in [0.25, 0.3) is 5.91 Å². The monoisotopic (exact) mass is 524 g/mol. The Morgan fingerprint density at radius 2 is 2.08 bits per heavy atom. The minimum atomic E-state index is -0.754. The Kier molecular flexibility index (Phi) is 5.46. The standard InChI is InChI=1S/C26H22ClFN4O5/c1-2-19(35)30-6-7-31-18(11-30)26(36)32-10-15(12-33)37-25-24(32)23(31)16-9-17(27)20(21(28)22(16)29-25)13-4-3-5-14(34)8-13/h2-5,8-9,15,18,33-34H,1,6-7,10-12H2/t15-,18+/m0/s1. The van der Waals surface area contributed by atoms with Crippen molar-refractivity contribution in [3.05, 3.63) is 53.8 Å². The average molecular weight is 525 g/mol. The summed E-state index contributed by atoms with van der Waals surface area (Å²) in [5.41, 5.74) is 1.35. The second-order valence-electron chi connectivity index (χ2n) is 9.18. The molecule has 6 rings (SSSR count). The van der Waals surface area contributed by atoms with Gasteiger partial charge in [-0.05, 0) is 29.8 Å². The Morgan fingerprint density at radius 3 is 2.81 bits per heavy atom. The fourth-order valence-corrected chi connectivity index (χ4v) is 5.68.